The molecular weight excluding hydrogens is 408 g/mol. The number of aromatic nitrogens is 4. The predicted octanol–water partition coefficient (Wildman–Crippen LogP) is 0.837. The molecule has 1 amide bonds. The number of imidazole rings is 1. The Morgan fingerprint density at radius 3 is 2.37 bits per heavy atom. The number of carbonyl (C=O) groups is 1. The summed E-state index contributed by atoms with van der Waals surface area (Å²) in [6.07, 6.45) is 1.24. The lowest BCUT2D eigenvalue weighted by atomic mass is 9.96. The van der Waals surface area contributed by atoms with Gasteiger partial charge in [0.05, 0.1) is 6.54 Å². The van der Waals surface area contributed by atoms with Crippen molar-refractivity contribution in [2.24, 2.45) is 25.7 Å². The second-order valence-electron chi connectivity index (χ2n) is 7.67. The maximum atomic E-state index is 13.0. The number of benzene rings is 1. The Balaban J connectivity index is 1.86. The summed E-state index contributed by atoms with van der Waals surface area (Å²) in [4.78, 5) is 43.7. The third-order valence-electron chi connectivity index (χ3n) is 5.76. The average molecular weight is 431 g/mol. The van der Waals surface area contributed by atoms with Crippen LogP contribution in [0.5, 0.6) is 0 Å². The highest BCUT2D eigenvalue weighted by Gasteiger charge is 2.28. The Labute approximate surface area is 177 Å². The molecule has 1 fully saturated rings. The number of primary amides is 1. The van der Waals surface area contributed by atoms with Crippen molar-refractivity contribution in [3.63, 3.8) is 0 Å². The first kappa shape index (κ1) is 20.2. The molecule has 0 radical (unpaired) electrons. The number of aryl methyl sites for hydroxylation is 1. The van der Waals surface area contributed by atoms with Gasteiger partial charge in [0.1, 0.15) is 0 Å². The minimum Gasteiger partial charge on any atom is -0.369 e. The molecule has 9 nitrogen and oxygen atoms in total. The van der Waals surface area contributed by atoms with Gasteiger partial charge in [0.25, 0.3) is 5.56 Å². The van der Waals surface area contributed by atoms with E-state index in [0.29, 0.717) is 54.6 Å². The van der Waals surface area contributed by atoms with Crippen molar-refractivity contribution in [3.05, 3.63) is 55.7 Å². The van der Waals surface area contributed by atoms with E-state index in [9.17, 15) is 14.4 Å². The molecule has 1 aliphatic rings. The van der Waals surface area contributed by atoms with Crippen LogP contribution in [-0.4, -0.2) is 37.7 Å². The minimum absolute atomic E-state index is 0.160. The van der Waals surface area contributed by atoms with Gasteiger partial charge >= 0.3 is 5.69 Å². The summed E-state index contributed by atoms with van der Waals surface area (Å²) >= 11 is 6.01. The van der Waals surface area contributed by atoms with Crippen LogP contribution in [0.15, 0.2) is 33.9 Å². The highest BCUT2D eigenvalue weighted by Crippen LogP contribution is 2.26. The van der Waals surface area contributed by atoms with Crippen molar-refractivity contribution in [2.45, 2.75) is 19.4 Å². The van der Waals surface area contributed by atoms with Crippen LogP contribution in [0.25, 0.3) is 11.2 Å². The van der Waals surface area contributed by atoms with E-state index in [-0.39, 0.29) is 11.8 Å². The molecule has 1 aliphatic heterocycles. The molecule has 10 heteroatoms. The van der Waals surface area contributed by atoms with Crippen molar-refractivity contribution in [1.82, 2.24) is 18.7 Å². The third kappa shape index (κ3) is 3.39. The fourth-order valence-corrected chi connectivity index (χ4v) is 4.09. The number of rotatable bonds is 4. The van der Waals surface area contributed by atoms with E-state index < -0.39 is 11.2 Å². The van der Waals surface area contributed by atoms with E-state index >= 15 is 0 Å². The molecule has 1 saturated heterocycles. The second kappa shape index (κ2) is 7.64. The van der Waals surface area contributed by atoms with E-state index in [0.717, 1.165) is 10.1 Å². The van der Waals surface area contributed by atoms with Gasteiger partial charge in [0, 0.05) is 38.1 Å². The predicted molar refractivity (Wildman–Crippen MR) is 115 cm³/mol. The summed E-state index contributed by atoms with van der Waals surface area (Å²) in [6.45, 7) is 1.57. The van der Waals surface area contributed by atoms with E-state index in [1.165, 1.54) is 11.6 Å². The van der Waals surface area contributed by atoms with Crippen LogP contribution >= 0.6 is 11.6 Å². The topological polar surface area (TPSA) is 108 Å². The molecule has 30 heavy (non-hydrogen) atoms. The van der Waals surface area contributed by atoms with Crippen LogP contribution in [0.4, 0.5) is 5.95 Å². The monoisotopic (exact) mass is 430 g/mol. The van der Waals surface area contributed by atoms with Crippen molar-refractivity contribution >= 4 is 34.6 Å². The lowest BCUT2D eigenvalue weighted by Gasteiger charge is -2.31. The summed E-state index contributed by atoms with van der Waals surface area (Å²) in [5.41, 5.74) is 6.28. The Bertz CT molecular complexity index is 1230. The van der Waals surface area contributed by atoms with Crippen LogP contribution in [0.3, 0.4) is 0 Å². The summed E-state index contributed by atoms with van der Waals surface area (Å²) in [5.74, 6) is 0.148. The number of hydrogen-bond donors (Lipinski definition) is 1. The summed E-state index contributed by atoms with van der Waals surface area (Å²) in [7, 11) is 3.06. The van der Waals surface area contributed by atoms with Crippen LogP contribution in [0.2, 0.25) is 5.02 Å². The number of nitrogens with zero attached hydrogens (tertiary/aromatic N) is 5. The first-order valence-corrected chi connectivity index (χ1v) is 10.1. The molecular formula is C20H23ClN6O3. The maximum absolute atomic E-state index is 13.0. The van der Waals surface area contributed by atoms with Crippen molar-refractivity contribution in [2.75, 3.05) is 18.0 Å². The second-order valence-corrected chi connectivity index (χ2v) is 8.10. The molecule has 2 aromatic heterocycles. The number of nitrogens with two attached hydrogens (primary N) is 1. The molecule has 0 spiro atoms. The normalized spacial score (nSPS) is 15.1. The number of amides is 1. The van der Waals surface area contributed by atoms with Crippen LogP contribution in [0, 0.1) is 5.92 Å². The Morgan fingerprint density at radius 2 is 1.77 bits per heavy atom. The zero-order valence-corrected chi connectivity index (χ0v) is 17.6. The zero-order valence-electron chi connectivity index (χ0n) is 16.8. The van der Waals surface area contributed by atoms with E-state index in [1.807, 2.05) is 21.6 Å². The average Bonchev–Trinajstić information content (AvgIpc) is 3.11. The van der Waals surface area contributed by atoms with Gasteiger partial charge in [-0.15, -0.1) is 0 Å². The fourth-order valence-electron chi connectivity index (χ4n) is 3.96. The molecule has 3 heterocycles. The van der Waals surface area contributed by atoms with Crippen LogP contribution in [-0.2, 0) is 25.4 Å². The largest absolute Gasteiger partial charge is 0.369 e. The summed E-state index contributed by atoms with van der Waals surface area (Å²) in [5, 5.41) is 0.626. The molecule has 1 aromatic carbocycles. The third-order valence-corrected chi connectivity index (χ3v) is 6.01. The number of halogens is 1. The van der Waals surface area contributed by atoms with Gasteiger partial charge in [-0.25, -0.2) is 4.79 Å². The number of carbonyl (C=O) groups excluding carboxylic acids is 1. The van der Waals surface area contributed by atoms with Crippen LogP contribution < -0.4 is 21.9 Å². The quantitative estimate of drug-likeness (QED) is 0.659. The standard InChI is InChI=1S/C20H23ClN6O3/c1-24-17-15(18(29)25(2)20(24)30)27(11-12-3-5-14(21)6-4-12)19(23-17)26-9-7-13(8-10-26)16(22)28/h3-6,13H,7-11H2,1-2H3,(H2,22,28). The summed E-state index contributed by atoms with van der Waals surface area (Å²) < 4.78 is 4.31. The Hall–Kier alpha value is -3.07. The molecule has 0 saturated carbocycles. The molecule has 4 rings (SSSR count). The molecule has 2 N–H and O–H groups in total. The minimum atomic E-state index is -0.428. The highest BCUT2D eigenvalue weighted by molar-refractivity contribution is 6.30. The maximum Gasteiger partial charge on any atom is 0.332 e. The van der Waals surface area contributed by atoms with Crippen LogP contribution in [0.1, 0.15) is 18.4 Å². The SMILES string of the molecule is Cn1c(=O)c2c(nc(N3CCC(C(N)=O)CC3)n2Cc2ccc(Cl)cc2)n(C)c1=O. The zero-order chi connectivity index (χ0) is 21.6. The van der Waals surface area contributed by atoms with Gasteiger partial charge in [-0.2, -0.15) is 4.98 Å². The number of anilines is 1. The number of piperidine rings is 1. The molecule has 3 aromatic rings. The van der Waals surface area contributed by atoms with Gasteiger partial charge < -0.3 is 10.6 Å². The van der Waals surface area contributed by atoms with E-state index in [2.05, 4.69) is 4.98 Å². The lowest BCUT2D eigenvalue weighted by Crippen LogP contribution is -2.40. The van der Waals surface area contributed by atoms with Crippen molar-refractivity contribution in [3.8, 4) is 0 Å². The van der Waals surface area contributed by atoms with E-state index in [4.69, 9.17) is 17.3 Å². The molecule has 0 atom stereocenters. The molecule has 158 valence electrons. The van der Waals surface area contributed by atoms with Crippen molar-refractivity contribution in [1.29, 1.82) is 0 Å². The Morgan fingerprint density at radius 1 is 1.13 bits per heavy atom. The number of hydrogen-bond acceptors (Lipinski definition) is 5. The van der Waals surface area contributed by atoms with Gasteiger partial charge in [-0.1, -0.05) is 23.7 Å². The molecule has 0 bridgehead atoms. The van der Waals surface area contributed by atoms with Gasteiger partial charge in [0.15, 0.2) is 11.2 Å². The highest BCUT2D eigenvalue weighted by atomic mass is 35.5. The lowest BCUT2D eigenvalue weighted by molar-refractivity contribution is -0.122. The van der Waals surface area contributed by atoms with Crippen molar-refractivity contribution < 1.29 is 4.79 Å². The Kier molecular flexibility index (Phi) is 5.15. The summed E-state index contributed by atoms with van der Waals surface area (Å²) in [6, 6.07) is 7.37. The number of fused-ring (bicyclic) bond motifs is 1. The van der Waals surface area contributed by atoms with Gasteiger partial charge in [0.2, 0.25) is 11.9 Å². The first-order chi connectivity index (χ1) is 14.3. The smallest absolute Gasteiger partial charge is 0.332 e. The van der Waals surface area contributed by atoms with Gasteiger partial charge in [-0.3, -0.25) is 23.3 Å². The molecule has 0 unspecified atom stereocenters. The van der Waals surface area contributed by atoms with E-state index in [1.54, 1.807) is 19.2 Å². The fraction of sp³-hybridized carbons (Fsp3) is 0.400. The first-order valence-electron chi connectivity index (χ1n) is 9.73. The van der Waals surface area contributed by atoms with Gasteiger partial charge in [-0.05, 0) is 30.5 Å². The molecule has 0 aliphatic carbocycles.